The highest BCUT2D eigenvalue weighted by atomic mass is 35.5. The number of alkyl halides is 1. The van der Waals surface area contributed by atoms with E-state index in [-0.39, 0.29) is 0 Å². The molecule has 0 saturated heterocycles. The molecule has 3 N–H and O–H groups in total. The fourth-order valence-electron chi connectivity index (χ4n) is 1.43. The van der Waals surface area contributed by atoms with Crippen LogP contribution >= 0.6 is 11.6 Å². The highest BCUT2D eigenvalue weighted by Crippen LogP contribution is 2.10. The monoisotopic (exact) mass is 308 g/mol. The minimum absolute atomic E-state index is 0.429. The van der Waals surface area contributed by atoms with Crippen molar-refractivity contribution in [2.24, 2.45) is 5.73 Å². The van der Waals surface area contributed by atoms with E-state index in [0.29, 0.717) is 19.4 Å². The fourth-order valence-corrected chi connectivity index (χ4v) is 1.52. The second-order valence-corrected chi connectivity index (χ2v) is 6.08. The first-order chi connectivity index (χ1) is 9.15. The minimum atomic E-state index is -0.780. The number of alkyl carbamates (subject to hydrolysis) is 1. The molecule has 1 amide bonds. The van der Waals surface area contributed by atoms with E-state index in [1.54, 1.807) is 20.8 Å². The second kappa shape index (κ2) is 9.02. The lowest BCUT2D eigenvalue weighted by Gasteiger charge is -2.23. The standard InChI is InChI=1S/C13H25ClN2O4/c1-9(14)19-11(17)10(7-5-6-8-15)16-12(18)20-13(2,3)4/h9-10H,5-8,15H2,1-4H3,(H,16,18). The van der Waals surface area contributed by atoms with Crippen LogP contribution in [0.25, 0.3) is 0 Å². The number of unbranched alkanes of at least 4 members (excludes halogenated alkanes) is 1. The summed E-state index contributed by atoms with van der Waals surface area (Å²) < 4.78 is 10.0. The predicted octanol–water partition coefficient (Wildman–Crippen LogP) is 2.14. The molecule has 0 fully saturated rings. The first-order valence-electron chi connectivity index (χ1n) is 6.70. The largest absolute Gasteiger partial charge is 0.445 e. The quantitative estimate of drug-likeness (QED) is 0.427. The summed E-state index contributed by atoms with van der Waals surface area (Å²) in [4.78, 5) is 23.5. The lowest BCUT2D eigenvalue weighted by Crippen LogP contribution is -2.44. The molecule has 0 heterocycles. The maximum absolute atomic E-state index is 11.8. The van der Waals surface area contributed by atoms with Crippen LogP contribution in [0.3, 0.4) is 0 Å². The fraction of sp³-hybridized carbons (Fsp3) is 0.846. The van der Waals surface area contributed by atoms with Gasteiger partial charge in [-0.1, -0.05) is 11.6 Å². The summed E-state index contributed by atoms with van der Waals surface area (Å²) in [6.45, 7) is 7.30. The molecule has 2 atom stereocenters. The number of rotatable bonds is 7. The number of nitrogens with one attached hydrogen (secondary N) is 1. The Labute approximate surface area is 125 Å². The molecule has 0 saturated carbocycles. The van der Waals surface area contributed by atoms with Crippen molar-refractivity contribution in [3.8, 4) is 0 Å². The first kappa shape index (κ1) is 19.0. The number of carbonyl (C=O) groups excluding carboxylic acids is 2. The molecule has 0 aliphatic carbocycles. The molecular formula is C13H25ClN2O4. The molecule has 0 bridgehead atoms. The predicted molar refractivity (Wildman–Crippen MR) is 77.5 cm³/mol. The van der Waals surface area contributed by atoms with Crippen LogP contribution in [0, 0.1) is 0 Å². The van der Waals surface area contributed by atoms with Crippen LogP contribution in [-0.2, 0) is 14.3 Å². The van der Waals surface area contributed by atoms with E-state index in [2.05, 4.69) is 5.32 Å². The molecule has 0 radical (unpaired) electrons. The molecule has 0 aromatic rings. The Balaban J connectivity index is 4.51. The van der Waals surface area contributed by atoms with E-state index < -0.39 is 29.3 Å². The second-order valence-electron chi connectivity index (χ2n) is 5.46. The van der Waals surface area contributed by atoms with Gasteiger partial charge >= 0.3 is 12.1 Å². The van der Waals surface area contributed by atoms with E-state index >= 15 is 0 Å². The van der Waals surface area contributed by atoms with Crippen molar-refractivity contribution in [1.29, 1.82) is 0 Å². The van der Waals surface area contributed by atoms with E-state index in [0.717, 1.165) is 6.42 Å². The van der Waals surface area contributed by atoms with Crippen LogP contribution in [0.2, 0.25) is 0 Å². The molecule has 0 rings (SSSR count). The number of halogens is 1. The van der Waals surface area contributed by atoms with Gasteiger partial charge in [0.05, 0.1) is 0 Å². The molecule has 0 aromatic carbocycles. The van der Waals surface area contributed by atoms with Crippen molar-refractivity contribution in [2.75, 3.05) is 6.54 Å². The van der Waals surface area contributed by atoms with Gasteiger partial charge in [0.15, 0.2) is 5.56 Å². The highest BCUT2D eigenvalue weighted by Gasteiger charge is 2.25. The van der Waals surface area contributed by atoms with Gasteiger partial charge in [-0.2, -0.15) is 0 Å². The first-order valence-corrected chi connectivity index (χ1v) is 7.13. The SMILES string of the molecule is CC(Cl)OC(=O)C(CCCCN)NC(=O)OC(C)(C)C. The van der Waals surface area contributed by atoms with Crippen LogP contribution in [0.5, 0.6) is 0 Å². The number of esters is 1. The third-order valence-corrected chi connectivity index (χ3v) is 2.29. The average molecular weight is 309 g/mol. The highest BCUT2D eigenvalue weighted by molar-refractivity contribution is 6.20. The minimum Gasteiger partial charge on any atom is -0.445 e. The van der Waals surface area contributed by atoms with Crippen molar-refractivity contribution in [2.45, 2.75) is 64.2 Å². The van der Waals surface area contributed by atoms with Crippen molar-refractivity contribution >= 4 is 23.7 Å². The van der Waals surface area contributed by atoms with Gasteiger partial charge in [0.25, 0.3) is 0 Å². The van der Waals surface area contributed by atoms with E-state index in [1.807, 2.05) is 0 Å². The van der Waals surface area contributed by atoms with E-state index in [4.69, 9.17) is 26.8 Å². The third kappa shape index (κ3) is 9.86. The Morgan fingerprint density at radius 2 is 1.90 bits per heavy atom. The number of nitrogens with two attached hydrogens (primary N) is 1. The number of carbonyl (C=O) groups is 2. The summed E-state index contributed by atoms with van der Waals surface area (Å²) in [5.41, 5.74) is 4.03. The zero-order valence-electron chi connectivity index (χ0n) is 12.6. The molecule has 6 nitrogen and oxygen atoms in total. The molecular weight excluding hydrogens is 284 g/mol. The number of hydrogen-bond acceptors (Lipinski definition) is 5. The van der Waals surface area contributed by atoms with Crippen LogP contribution in [0.15, 0.2) is 0 Å². The Morgan fingerprint density at radius 3 is 2.35 bits per heavy atom. The van der Waals surface area contributed by atoms with Gasteiger partial charge in [-0.05, 0) is 53.5 Å². The van der Waals surface area contributed by atoms with Crippen molar-refractivity contribution in [1.82, 2.24) is 5.32 Å². The van der Waals surface area contributed by atoms with Crippen molar-refractivity contribution < 1.29 is 19.1 Å². The van der Waals surface area contributed by atoms with Crippen LogP contribution in [0.4, 0.5) is 4.79 Å². The molecule has 0 aliphatic heterocycles. The number of hydrogen-bond donors (Lipinski definition) is 2. The maximum atomic E-state index is 11.8. The summed E-state index contributed by atoms with van der Waals surface area (Å²) >= 11 is 5.61. The summed E-state index contributed by atoms with van der Waals surface area (Å²) in [6.07, 6.45) is 1.23. The Hall–Kier alpha value is -1.01. The maximum Gasteiger partial charge on any atom is 0.408 e. The number of amides is 1. The zero-order valence-corrected chi connectivity index (χ0v) is 13.3. The summed E-state index contributed by atoms with van der Waals surface area (Å²) in [7, 11) is 0. The average Bonchev–Trinajstić information content (AvgIpc) is 2.24. The van der Waals surface area contributed by atoms with Crippen LogP contribution in [0.1, 0.15) is 47.0 Å². The molecule has 0 aliphatic rings. The third-order valence-electron chi connectivity index (χ3n) is 2.20. The topological polar surface area (TPSA) is 90.6 Å². The Kier molecular flexibility index (Phi) is 8.57. The molecule has 118 valence electrons. The lowest BCUT2D eigenvalue weighted by atomic mass is 10.1. The van der Waals surface area contributed by atoms with Gasteiger partial charge in [0.2, 0.25) is 0 Å². The van der Waals surface area contributed by atoms with Gasteiger partial charge < -0.3 is 20.5 Å². The Bertz CT molecular complexity index is 316. The smallest absolute Gasteiger partial charge is 0.408 e. The molecule has 0 spiro atoms. The van der Waals surface area contributed by atoms with E-state index in [9.17, 15) is 9.59 Å². The van der Waals surface area contributed by atoms with Gasteiger partial charge in [0.1, 0.15) is 11.6 Å². The van der Waals surface area contributed by atoms with Crippen LogP contribution < -0.4 is 11.1 Å². The van der Waals surface area contributed by atoms with Gasteiger partial charge in [0, 0.05) is 0 Å². The molecule has 20 heavy (non-hydrogen) atoms. The number of ether oxygens (including phenoxy) is 2. The summed E-state index contributed by atoms with van der Waals surface area (Å²) in [5, 5.41) is 2.50. The molecule has 2 unspecified atom stereocenters. The van der Waals surface area contributed by atoms with Gasteiger partial charge in [-0.3, -0.25) is 0 Å². The normalized spacial score (nSPS) is 14.3. The summed E-state index contributed by atoms with van der Waals surface area (Å²) in [6, 6.07) is -0.780. The summed E-state index contributed by atoms with van der Waals surface area (Å²) in [5.74, 6) is -0.574. The van der Waals surface area contributed by atoms with Gasteiger partial charge in [-0.25, -0.2) is 9.59 Å². The van der Waals surface area contributed by atoms with Gasteiger partial charge in [-0.15, -0.1) is 0 Å². The van der Waals surface area contributed by atoms with Crippen molar-refractivity contribution in [3.05, 3.63) is 0 Å². The van der Waals surface area contributed by atoms with E-state index in [1.165, 1.54) is 6.92 Å². The Morgan fingerprint density at radius 1 is 1.30 bits per heavy atom. The zero-order chi connectivity index (χ0) is 15.8. The molecule has 0 aromatic heterocycles. The van der Waals surface area contributed by atoms with Crippen molar-refractivity contribution in [3.63, 3.8) is 0 Å². The lowest BCUT2D eigenvalue weighted by molar-refractivity contribution is -0.147. The van der Waals surface area contributed by atoms with Crippen LogP contribution in [-0.4, -0.2) is 35.8 Å². The molecule has 7 heteroatoms.